The molecule has 0 aliphatic rings. The third-order valence-corrected chi connectivity index (χ3v) is 3.32. The smallest absolute Gasteiger partial charge is 0.221 e. The lowest BCUT2D eigenvalue weighted by Crippen LogP contribution is -2.05. The van der Waals surface area contributed by atoms with Gasteiger partial charge in [0.15, 0.2) is 0 Å². The number of hydrogen-bond donors (Lipinski definition) is 2. The fourth-order valence-corrected chi connectivity index (χ4v) is 2.32. The van der Waals surface area contributed by atoms with Gasteiger partial charge in [0.25, 0.3) is 0 Å². The van der Waals surface area contributed by atoms with Crippen molar-refractivity contribution in [3.8, 4) is 11.3 Å². The first kappa shape index (κ1) is 13.5. The van der Waals surface area contributed by atoms with E-state index in [-0.39, 0.29) is 5.91 Å². The van der Waals surface area contributed by atoms with Crippen molar-refractivity contribution in [1.82, 2.24) is 9.38 Å². The van der Waals surface area contributed by atoms with Gasteiger partial charge in [0, 0.05) is 24.4 Å². The second kappa shape index (κ2) is 5.10. The van der Waals surface area contributed by atoms with E-state index < -0.39 is 0 Å². The molecule has 1 amide bonds. The number of nitrogen functional groups attached to an aromatic ring is 1. The molecule has 106 valence electrons. The first-order valence-corrected chi connectivity index (χ1v) is 6.73. The summed E-state index contributed by atoms with van der Waals surface area (Å²) in [6.45, 7) is 1.47. The van der Waals surface area contributed by atoms with Crippen LogP contribution in [0.25, 0.3) is 16.9 Å². The molecule has 0 bridgehead atoms. The molecule has 3 aromatic rings. The molecule has 2 heterocycles. The lowest BCUT2D eigenvalue weighted by molar-refractivity contribution is -0.114. The highest BCUT2D eigenvalue weighted by Crippen LogP contribution is 2.28. The minimum Gasteiger partial charge on any atom is -0.383 e. The third kappa shape index (κ3) is 2.55. The molecule has 1 aromatic carbocycles. The van der Waals surface area contributed by atoms with Gasteiger partial charge in [-0.2, -0.15) is 0 Å². The summed E-state index contributed by atoms with van der Waals surface area (Å²) in [5.41, 5.74) is 9.16. The van der Waals surface area contributed by atoms with Gasteiger partial charge in [-0.25, -0.2) is 4.98 Å². The molecule has 0 aliphatic carbocycles. The topological polar surface area (TPSA) is 72.4 Å². The number of benzene rings is 1. The van der Waals surface area contributed by atoms with Crippen LogP contribution in [-0.2, 0) is 4.79 Å². The maximum Gasteiger partial charge on any atom is 0.221 e. The van der Waals surface area contributed by atoms with E-state index in [0.29, 0.717) is 16.5 Å². The number of imidazole rings is 1. The molecule has 21 heavy (non-hydrogen) atoms. The van der Waals surface area contributed by atoms with Crippen molar-refractivity contribution in [2.24, 2.45) is 0 Å². The standard InChI is InChI=1S/C15H13ClN4O/c1-9(21)18-12-5-2-10(3-6-12)14-15(17)20-8-11(16)4-7-13(20)19-14/h2-8H,17H2,1H3,(H,18,21). The van der Waals surface area contributed by atoms with Gasteiger partial charge in [-0.05, 0) is 24.3 Å². The number of anilines is 2. The van der Waals surface area contributed by atoms with Crippen molar-refractivity contribution < 1.29 is 4.79 Å². The van der Waals surface area contributed by atoms with Crippen LogP contribution in [0.5, 0.6) is 0 Å². The molecule has 2 aromatic heterocycles. The summed E-state index contributed by atoms with van der Waals surface area (Å²) in [5.74, 6) is 0.421. The number of amides is 1. The summed E-state index contributed by atoms with van der Waals surface area (Å²) in [5, 5.41) is 3.32. The highest BCUT2D eigenvalue weighted by atomic mass is 35.5. The van der Waals surface area contributed by atoms with Crippen molar-refractivity contribution in [1.29, 1.82) is 0 Å². The van der Waals surface area contributed by atoms with Crippen molar-refractivity contribution in [3.63, 3.8) is 0 Å². The van der Waals surface area contributed by atoms with Gasteiger partial charge in [0.05, 0.1) is 5.02 Å². The third-order valence-electron chi connectivity index (χ3n) is 3.10. The summed E-state index contributed by atoms with van der Waals surface area (Å²) in [4.78, 5) is 15.5. The summed E-state index contributed by atoms with van der Waals surface area (Å²) >= 11 is 5.97. The minimum absolute atomic E-state index is 0.107. The number of carbonyl (C=O) groups excluding carboxylic acids is 1. The molecule has 0 spiro atoms. The largest absolute Gasteiger partial charge is 0.383 e. The van der Waals surface area contributed by atoms with Gasteiger partial charge in [0.1, 0.15) is 17.2 Å². The maximum absolute atomic E-state index is 11.0. The van der Waals surface area contributed by atoms with E-state index in [4.69, 9.17) is 17.3 Å². The van der Waals surface area contributed by atoms with Gasteiger partial charge in [-0.15, -0.1) is 0 Å². The van der Waals surface area contributed by atoms with Crippen LogP contribution in [0.3, 0.4) is 0 Å². The quantitative estimate of drug-likeness (QED) is 0.763. The Balaban J connectivity index is 2.04. The van der Waals surface area contributed by atoms with Crippen LogP contribution in [-0.4, -0.2) is 15.3 Å². The van der Waals surface area contributed by atoms with E-state index in [1.54, 1.807) is 16.7 Å². The summed E-state index contributed by atoms with van der Waals surface area (Å²) in [7, 11) is 0. The zero-order chi connectivity index (χ0) is 15.0. The van der Waals surface area contributed by atoms with E-state index >= 15 is 0 Å². The van der Waals surface area contributed by atoms with Crippen molar-refractivity contribution >= 4 is 34.7 Å². The van der Waals surface area contributed by atoms with Crippen molar-refractivity contribution in [2.75, 3.05) is 11.1 Å². The predicted molar refractivity (Wildman–Crippen MR) is 84.4 cm³/mol. The van der Waals surface area contributed by atoms with Crippen LogP contribution in [0.2, 0.25) is 5.02 Å². The molecule has 6 heteroatoms. The Labute approximate surface area is 126 Å². The molecular formula is C15H13ClN4O. The van der Waals surface area contributed by atoms with E-state index in [1.807, 2.05) is 30.3 Å². The van der Waals surface area contributed by atoms with Gasteiger partial charge < -0.3 is 11.1 Å². The number of halogens is 1. The summed E-state index contributed by atoms with van der Waals surface area (Å²) in [6, 6.07) is 10.9. The van der Waals surface area contributed by atoms with Crippen LogP contribution in [0.15, 0.2) is 42.6 Å². The fourth-order valence-electron chi connectivity index (χ4n) is 2.16. The summed E-state index contributed by atoms with van der Waals surface area (Å²) < 4.78 is 1.75. The van der Waals surface area contributed by atoms with Crippen LogP contribution in [0, 0.1) is 0 Å². The van der Waals surface area contributed by atoms with E-state index in [1.165, 1.54) is 6.92 Å². The number of rotatable bonds is 2. The normalized spacial score (nSPS) is 10.8. The number of nitrogens with zero attached hydrogens (tertiary/aromatic N) is 2. The van der Waals surface area contributed by atoms with Crippen molar-refractivity contribution in [3.05, 3.63) is 47.6 Å². The van der Waals surface area contributed by atoms with E-state index in [9.17, 15) is 4.79 Å². The van der Waals surface area contributed by atoms with Crippen LogP contribution in [0.1, 0.15) is 6.92 Å². The highest BCUT2D eigenvalue weighted by molar-refractivity contribution is 6.30. The molecule has 0 radical (unpaired) electrons. The van der Waals surface area contributed by atoms with Gasteiger partial charge >= 0.3 is 0 Å². The first-order valence-electron chi connectivity index (χ1n) is 6.36. The SMILES string of the molecule is CC(=O)Nc1ccc(-c2nc3ccc(Cl)cn3c2N)cc1. The fraction of sp³-hybridized carbons (Fsp3) is 0.0667. The Hall–Kier alpha value is -2.53. The molecule has 3 N–H and O–H groups in total. The Morgan fingerprint density at radius 3 is 2.62 bits per heavy atom. The molecule has 0 unspecified atom stereocenters. The molecule has 3 rings (SSSR count). The molecule has 0 saturated carbocycles. The van der Waals surface area contributed by atoms with E-state index in [2.05, 4.69) is 10.3 Å². The highest BCUT2D eigenvalue weighted by Gasteiger charge is 2.11. The second-order valence-electron chi connectivity index (χ2n) is 4.68. The van der Waals surface area contributed by atoms with Gasteiger partial charge in [0.2, 0.25) is 5.91 Å². The predicted octanol–water partition coefficient (Wildman–Crippen LogP) is 3.20. The summed E-state index contributed by atoms with van der Waals surface area (Å²) in [6.07, 6.45) is 1.73. The molecule has 5 nitrogen and oxygen atoms in total. The lowest BCUT2D eigenvalue weighted by atomic mass is 10.1. The molecule has 0 aliphatic heterocycles. The number of fused-ring (bicyclic) bond motifs is 1. The first-order chi connectivity index (χ1) is 10.0. The van der Waals surface area contributed by atoms with Gasteiger partial charge in [-0.1, -0.05) is 23.7 Å². The van der Waals surface area contributed by atoms with Crippen molar-refractivity contribution in [2.45, 2.75) is 6.92 Å². The Kier molecular flexibility index (Phi) is 3.27. The molecule has 0 fully saturated rings. The average Bonchev–Trinajstić information content (AvgIpc) is 2.76. The minimum atomic E-state index is -0.107. The average molecular weight is 301 g/mol. The van der Waals surface area contributed by atoms with Crippen LogP contribution < -0.4 is 11.1 Å². The Bertz CT molecular complexity index is 824. The number of carbonyl (C=O) groups is 1. The maximum atomic E-state index is 11.0. The lowest BCUT2D eigenvalue weighted by Gasteiger charge is -2.03. The molecular weight excluding hydrogens is 288 g/mol. The second-order valence-corrected chi connectivity index (χ2v) is 5.12. The number of nitrogens with two attached hydrogens (primary N) is 1. The zero-order valence-electron chi connectivity index (χ0n) is 11.3. The Morgan fingerprint density at radius 2 is 1.95 bits per heavy atom. The number of aromatic nitrogens is 2. The van der Waals surface area contributed by atoms with E-state index in [0.717, 1.165) is 16.9 Å². The number of hydrogen-bond acceptors (Lipinski definition) is 3. The number of pyridine rings is 1. The zero-order valence-corrected chi connectivity index (χ0v) is 12.1. The number of nitrogens with one attached hydrogen (secondary N) is 1. The van der Waals surface area contributed by atoms with Crippen LogP contribution >= 0.6 is 11.6 Å². The van der Waals surface area contributed by atoms with Gasteiger partial charge in [-0.3, -0.25) is 9.20 Å². The van der Waals surface area contributed by atoms with Crippen LogP contribution in [0.4, 0.5) is 11.5 Å². The molecule has 0 saturated heterocycles. The Morgan fingerprint density at radius 1 is 1.24 bits per heavy atom. The monoisotopic (exact) mass is 300 g/mol. The molecule has 0 atom stereocenters.